The van der Waals surface area contributed by atoms with Crippen LogP contribution in [-0.2, 0) is 22.5 Å². The lowest BCUT2D eigenvalue weighted by atomic mass is 9.79. The molecule has 0 saturated carbocycles. The smallest absolute Gasteiger partial charge is 0.330 e. The zero-order chi connectivity index (χ0) is 17.3. The summed E-state index contributed by atoms with van der Waals surface area (Å²) >= 11 is 0. The van der Waals surface area contributed by atoms with Crippen molar-refractivity contribution in [1.29, 1.82) is 0 Å². The molecule has 0 aliphatic heterocycles. The molecule has 2 aromatic carbocycles. The molecule has 0 amide bonds. The highest BCUT2D eigenvalue weighted by Gasteiger charge is 2.34. The molecule has 2 aromatic rings. The molecule has 1 unspecified atom stereocenters. The minimum atomic E-state index is -0.567. The van der Waals surface area contributed by atoms with Gasteiger partial charge >= 0.3 is 5.97 Å². The summed E-state index contributed by atoms with van der Waals surface area (Å²) in [6.45, 7) is 1.95. The normalized spacial score (nSPS) is 13.2. The van der Waals surface area contributed by atoms with E-state index < -0.39 is 5.41 Å². The predicted molar refractivity (Wildman–Crippen MR) is 97.1 cm³/mol. The van der Waals surface area contributed by atoms with Crippen LogP contribution in [-0.4, -0.2) is 5.97 Å². The van der Waals surface area contributed by atoms with Gasteiger partial charge in [0, 0.05) is 0 Å². The third-order valence-corrected chi connectivity index (χ3v) is 4.57. The van der Waals surface area contributed by atoms with Crippen LogP contribution in [0, 0.1) is 5.41 Å². The summed E-state index contributed by atoms with van der Waals surface area (Å²) < 4.78 is 0. The molecule has 0 aliphatic rings. The van der Waals surface area contributed by atoms with E-state index in [2.05, 4.69) is 29.1 Å². The Labute approximate surface area is 144 Å². The zero-order valence-corrected chi connectivity index (χ0v) is 14.4. The number of carbonyl (C=O) groups excluding carboxylic acids is 1. The second-order valence-electron chi connectivity index (χ2n) is 6.67. The van der Waals surface area contributed by atoms with Crippen LogP contribution in [0.4, 0.5) is 0 Å². The van der Waals surface area contributed by atoms with E-state index in [1.54, 1.807) is 0 Å². The molecule has 0 saturated heterocycles. The molecule has 3 heteroatoms. The van der Waals surface area contributed by atoms with Gasteiger partial charge in [-0.05, 0) is 43.7 Å². The molecule has 0 bridgehead atoms. The topological polar surface area (TPSA) is 52.3 Å². The first-order valence-corrected chi connectivity index (χ1v) is 8.63. The van der Waals surface area contributed by atoms with Crippen LogP contribution < -0.4 is 5.90 Å². The number of nitrogens with two attached hydrogens (primary N) is 1. The summed E-state index contributed by atoms with van der Waals surface area (Å²) in [5, 5.41) is 0. The Hall–Kier alpha value is -2.13. The Balaban J connectivity index is 1.83. The molecular weight excluding hydrogens is 298 g/mol. The molecule has 2 rings (SSSR count). The fourth-order valence-corrected chi connectivity index (χ4v) is 3.12. The van der Waals surface area contributed by atoms with Crippen molar-refractivity contribution in [3.63, 3.8) is 0 Å². The minimum absolute atomic E-state index is 0.325. The molecule has 3 nitrogen and oxygen atoms in total. The van der Waals surface area contributed by atoms with Gasteiger partial charge < -0.3 is 4.84 Å². The molecule has 0 radical (unpaired) electrons. The Morgan fingerprint density at radius 3 is 2.08 bits per heavy atom. The fraction of sp³-hybridized carbons (Fsp3) is 0.381. The summed E-state index contributed by atoms with van der Waals surface area (Å²) in [5.74, 6) is 4.84. The van der Waals surface area contributed by atoms with E-state index in [1.807, 2.05) is 43.3 Å². The molecule has 2 N–H and O–H groups in total. The summed E-state index contributed by atoms with van der Waals surface area (Å²) in [7, 11) is 0. The summed E-state index contributed by atoms with van der Waals surface area (Å²) in [4.78, 5) is 16.8. The highest BCUT2D eigenvalue weighted by Crippen LogP contribution is 2.30. The van der Waals surface area contributed by atoms with Gasteiger partial charge in [0.05, 0.1) is 5.41 Å². The molecule has 1 atom stereocenters. The Kier molecular flexibility index (Phi) is 7.01. The van der Waals surface area contributed by atoms with Crippen LogP contribution >= 0.6 is 0 Å². The summed E-state index contributed by atoms with van der Waals surface area (Å²) in [5.41, 5.74) is 1.93. The molecule has 0 fully saturated rings. The molecule has 0 heterocycles. The van der Waals surface area contributed by atoms with Crippen LogP contribution in [0.5, 0.6) is 0 Å². The lowest BCUT2D eigenvalue weighted by molar-refractivity contribution is -0.156. The van der Waals surface area contributed by atoms with E-state index in [-0.39, 0.29) is 5.97 Å². The van der Waals surface area contributed by atoms with Crippen molar-refractivity contribution in [2.75, 3.05) is 0 Å². The van der Waals surface area contributed by atoms with E-state index in [1.165, 1.54) is 5.56 Å². The SMILES string of the molecule is CC(CCCCCc1ccccc1)(Cc1ccccc1)C(=O)ON. The van der Waals surface area contributed by atoms with Gasteiger partial charge in [0.25, 0.3) is 0 Å². The third kappa shape index (κ3) is 5.50. The zero-order valence-electron chi connectivity index (χ0n) is 14.4. The lowest BCUT2D eigenvalue weighted by Crippen LogP contribution is -2.34. The highest BCUT2D eigenvalue weighted by molar-refractivity contribution is 5.76. The average molecular weight is 325 g/mol. The maximum Gasteiger partial charge on any atom is 0.330 e. The standard InChI is InChI=1S/C21H27NO2/c1-21(20(23)24-22,17-19-14-7-3-8-15-19)16-10-4-9-13-18-11-5-2-6-12-18/h2-3,5-8,11-12,14-15H,4,9-10,13,16-17,22H2,1H3. The van der Waals surface area contributed by atoms with Gasteiger partial charge in [0.1, 0.15) is 0 Å². The van der Waals surface area contributed by atoms with Crippen LogP contribution in [0.25, 0.3) is 0 Å². The molecule has 128 valence electrons. The maximum atomic E-state index is 12.2. The van der Waals surface area contributed by atoms with Crippen molar-refractivity contribution in [3.05, 3.63) is 71.8 Å². The molecule has 24 heavy (non-hydrogen) atoms. The Morgan fingerprint density at radius 1 is 0.917 bits per heavy atom. The Morgan fingerprint density at radius 2 is 1.50 bits per heavy atom. The number of hydrogen-bond donors (Lipinski definition) is 1. The van der Waals surface area contributed by atoms with E-state index in [4.69, 9.17) is 5.90 Å². The van der Waals surface area contributed by atoms with Crippen molar-refractivity contribution in [1.82, 2.24) is 0 Å². The lowest BCUT2D eigenvalue weighted by Gasteiger charge is -2.26. The number of hydrogen-bond acceptors (Lipinski definition) is 3. The van der Waals surface area contributed by atoms with Crippen LogP contribution in [0.2, 0.25) is 0 Å². The van der Waals surface area contributed by atoms with E-state index in [0.29, 0.717) is 6.42 Å². The summed E-state index contributed by atoms with van der Waals surface area (Å²) in [6.07, 6.45) is 5.73. The molecular formula is C21H27NO2. The number of unbranched alkanes of at least 4 members (excludes halogenated alkanes) is 2. The van der Waals surface area contributed by atoms with Crippen molar-refractivity contribution in [2.45, 2.75) is 45.4 Å². The monoisotopic (exact) mass is 325 g/mol. The van der Waals surface area contributed by atoms with Crippen LogP contribution in [0.15, 0.2) is 60.7 Å². The Bertz CT molecular complexity index is 612. The van der Waals surface area contributed by atoms with E-state index in [0.717, 1.165) is 37.7 Å². The fourth-order valence-electron chi connectivity index (χ4n) is 3.12. The van der Waals surface area contributed by atoms with Crippen molar-refractivity contribution >= 4 is 5.97 Å². The average Bonchev–Trinajstić information content (AvgIpc) is 2.62. The number of rotatable bonds is 9. The van der Waals surface area contributed by atoms with Crippen molar-refractivity contribution in [2.24, 2.45) is 11.3 Å². The van der Waals surface area contributed by atoms with Crippen molar-refractivity contribution in [3.8, 4) is 0 Å². The van der Waals surface area contributed by atoms with E-state index in [9.17, 15) is 4.79 Å². The van der Waals surface area contributed by atoms with Crippen LogP contribution in [0.3, 0.4) is 0 Å². The molecule has 0 aliphatic carbocycles. The largest absolute Gasteiger partial charge is 0.373 e. The minimum Gasteiger partial charge on any atom is -0.373 e. The summed E-state index contributed by atoms with van der Waals surface area (Å²) in [6, 6.07) is 20.5. The number of aryl methyl sites for hydroxylation is 1. The van der Waals surface area contributed by atoms with Crippen molar-refractivity contribution < 1.29 is 9.63 Å². The maximum absolute atomic E-state index is 12.2. The second kappa shape index (κ2) is 9.24. The second-order valence-corrected chi connectivity index (χ2v) is 6.67. The first kappa shape index (κ1) is 18.2. The highest BCUT2D eigenvalue weighted by atomic mass is 16.7. The first-order valence-electron chi connectivity index (χ1n) is 8.63. The van der Waals surface area contributed by atoms with Gasteiger partial charge in [0.15, 0.2) is 0 Å². The predicted octanol–water partition coefficient (Wildman–Crippen LogP) is 4.46. The quantitative estimate of drug-likeness (QED) is 0.547. The molecule has 0 spiro atoms. The molecule has 0 aromatic heterocycles. The van der Waals surface area contributed by atoms with Gasteiger partial charge in [-0.25, -0.2) is 4.79 Å². The number of benzene rings is 2. The van der Waals surface area contributed by atoms with Gasteiger partial charge in [-0.1, -0.05) is 73.5 Å². The van der Waals surface area contributed by atoms with Gasteiger partial charge in [-0.2, -0.15) is 5.90 Å². The van der Waals surface area contributed by atoms with Gasteiger partial charge in [0.2, 0.25) is 0 Å². The first-order chi connectivity index (χ1) is 11.6. The van der Waals surface area contributed by atoms with Crippen LogP contribution in [0.1, 0.15) is 43.7 Å². The number of carbonyl (C=O) groups is 1. The van der Waals surface area contributed by atoms with E-state index >= 15 is 0 Å². The van der Waals surface area contributed by atoms with Gasteiger partial charge in [-0.3, -0.25) is 0 Å². The third-order valence-electron chi connectivity index (χ3n) is 4.57. The van der Waals surface area contributed by atoms with Gasteiger partial charge in [-0.15, -0.1) is 0 Å².